The van der Waals surface area contributed by atoms with Crippen molar-refractivity contribution in [1.82, 2.24) is 10.2 Å². The lowest BCUT2D eigenvalue weighted by atomic mass is 9.88. The molecule has 0 radical (unpaired) electrons. The van der Waals surface area contributed by atoms with Gasteiger partial charge in [0, 0.05) is 12.6 Å². The van der Waals surface area contributed by atoms with Crippen molar-refractivity contribution < 1.29 is 8.42 Å². The lowest BCUT2D eigenvalue weighted by Gasteiger charge is -2.34. The van der Waals surface area contributed by atoms with Crippen molar-refractivity contribution in [2.75, 3.05) is 31.9 Å². The first-order valence-electron chi connectivity index (χ1n) is 6.51. The molecule has 0 spiro atoms. The van der Waals surface area contributed by atoms with Gasteiger partial charge < -0.3 is 10.2 Å². The van der Waals surface area contributed by atoms with Crippen LogP contribution in [-0.4, -0.2) is 51.3 Å². The minimum Gasteiger partial charge on any atom is -0.314 e. The monoisotopic (exact) mass is 261 g/mol. The number of sulfonamides is 1. The molecule has 100 valence electrons. The quantitative estimate of drug-likeness (QED) is 0.731. The summed E-state index contributed by atoms with van der Waals surface area (Å²) >= 11 is 0. The molecule has 1 atom stereocenters. The number of nitrogens with zero attached hydrogens (tertiary/aromatic N) is 1. The summed E-state index contributed by atoms with van der Waals surface area (Å²) in [6.45, 7) is 3.77. The van der Waals surface area contributed by atoms with E-state index < -0.39 is 10.0 Å². The summed E-state index contributed by atoms with van der Waals surface area (Å²) in [6, 6.07) is 0.704. The second-order valence-corrected chi connectivity index (χ2v) is 6.98. The van der Waals surface area contributed by atoms with Crippen LogP contribution >= 0.6 is 0 Å². The van der Waals surface area contributed by atoms with E-state index in [-0.39, 0.29) is 5.75 Å². The SMILES string of the molecule is NS(=O)(=O)CCN1CCC(C2CCCN2)CC1. The summed E-state index contributed by atoms with van der Waals surface area (Å²) in [4.78, 5) is 2.22. The predicted octanol–water partition coefficient (Wildman–Crippen LogP) is -0.261. The Bertz CT molecular complexity index is 331. The van der Waals surface area contributed by atoms with E-state index in [0.29, 0.717) is 12.6 Å². The second-order valence-electron chi connectivity index (χ2n) is 5.25. The molecular formula is C11H23N3O2S. The molecule has 0 aromatic heterocycles. The van der Waals surface area contributed by atoms with Crippen LogP contribution in [0.5, 0.6) is 0 Å². The molecule has 0 saturated carbocycles. The average molecular weight is 261 g/mol. The van der Waals surface area contributed by atoms with E-state index in [9.17, 15) is 8.42 Å². The van der Waals surface area contributed by atoms with Crippen LogP contribution in [-0.2, 0) is 10.0 Å². The summed E-state index contributed by atoms with van der Waals surface area (Å²) in [6.07, 6.45) is 4.97. The molecule has 17 heavy (non-hydrogen) atoms. The molecule has 3 N–H and O–H groups in total. The molecule has 2 aliphatic rings. The van der Waals surface area contributed by atoms with E-state index in [4.69, 9.17) is 5.14 Å². The molecule has 0 bridgehead atoms. The van der Waals surface area contributed by atoms with Crippen LogP contribution in [0, 0.1) is 5.92 Å². The molecule has 0 amide bonds. The molecule has 0 aliphatic carbocycles. The number of hydrogen-bond donors (Lipinski definition) is 2. The highest BCUT2D eigenvalue weighted by atomic mass is 32.2. The van der Waals surface area contributed by atoms with Crippen LogP contribution < -0.4 is 10.5 Å². The number of rotatable bonds is 4. The van der Waals surface area contributed by atoms with Crippen molar-refractivity contribution in [3.63, 3.8) is 0 Å². The van der Waals surface area contributed by atoms with Gasteiger partial charge in [0.25, 0.3) is 0 Å². The molecule has 2 rings (SSSR count). The number of primary sulfonamides is 1. The Morgan fingerprint density at radius 1 is 1.24 bits per heavy atom. The molecular weight excluding hydrogens is 238 g/mol. The molecule has 2 saturated heterocycles. The summed E-state index contributed by atoms with van der Waals surface area (Å²) in [5, 5.41) is 8.58. The highest BCUT2D eigenvalue weighted by molar-refractivity contribution is 7.89. The Kier molecular flexibility index (Phi) is 4.41. The van der Waals surface area contributed by atoms with Gasteiger partial charge in [-0.3, -0.25) is 0 Å². The van der Waals surface area contributed by atoms with E-state index in [0.717, 1.165) is 25.6 Å². The topological polar surface area (TPSA) is 75.4 Å². The maximum Gasteiger partial charge on any atom is 0.210 e. The minimum atomic E-state index is -3.31. The van der Waals surface area contributed by atoms with E-state index in [2.05, 4.69) is 10.2 Å². The largest absolute Gasteiger partial charge is 0.314 e. The number of nitrogens with one attached hydrogen (secondary N) is 1. The van der Waals surface area contributed by atoms with Crippen molar-refractivity contribution in [2.24, 2.45) is 11.1 Å². The predicted molar refractivity (Wildman–Crippen MR) is 68.2 cm³/mol. The summed E-state index contributed by atoms with van der Waals surface area (Å²) < 4.78 is 21.8. The first-order valence-corrected chi connectivity index (χ1v) is 8.22. The fourth-order valence-corrected chi connectivity index (χ4v) is 3.46. The molecule has 6 heteroatoms. The standard InChI is InChI=1S/C11H23N3O2S/c12-17(15,16)9-8-14-6-3-10(4-7-14)11-2-1-5-13-11/h10-11,13H,1-9H2,(H2,12,15,16). The Labute approximate surface area is 104 Å². The van der Waals surface area contributed by atoms with Crippen LogP contribution in [0.15, 0.2) is 0 Å². The summed E-state index contributed by atoms with van der Waals surface area (Å²) in [5.74, 6) is 0.863. The molecule has 0 aromatic rings. The van der Waals surface area contributed by atoms with Crippen LogP contribution in [0.4, 0.5) is 0 Å². The van der Waals surface area contributed by atoms with E-state index in [1.165, 1.54) is 25.7 Å². The van der Waals surface area contributed by atoms with Gasteiger partial charge in [-0.25, -0.2) is 13.6 Å². The summed E-state index contributed by atoms with van der Waals surface area (Å²) in [7, 11) is -3.31. The highest BCUT2D eigenvalue weighted by Gasteiger charge is 2.28. The smallest absolute Gasteiger partial charge is 0.210 e. The Morgan fingerprint density at radius 3 is 2.47 bits per heavy atom. The maximum absolute atomic E-state index is 10.9. The van der Waals surface area contributed by atoms with Gasteiger partial charge in [0.15, 0.2) is 0 Å². The fraction of sp³-hybridized carbons (Fsp3) is 1.00. The van der Waals surface area contributed by atoms with E-state index in [1.54, 1.807) is 0 Å². The third-order valence-corrected chi connectivity index (χ3v) is 4.74. The van der Waals surface area contributed by atoms with Crippen molar-refractivity contribution in [2.45, 2.75) is 31.7 Å². The molecule has 2 aliphatic heterocycles. The van der Waals surface area contributed by atoms with Crippen LogP contribution in [0.25, 0.3) is 0 Å². The Balaban J connectivity index is 1.70. The van der Waals surface area contributed by atoms with Crippen LogP contribution in [0.3, 0.4) is 0 Å². The Hall–Kier alpha value is -0.170. The number of likely N-dealkylation sites (tertiary alicyclic amines) is 1. The van der Waals surface area contributed by atoms with Gasteiger partial charge in [0.1, 0.15) is 0 Å². The first-order chi connectivity index (χ1) is 8.04. The normalized spacial score (nSPS) is 28.6. The maximum atomic E-state index is 10.9. The number of hydrogen-bond acceptors (Lipinski definition) is 4. The van der Waals surface area contributed by atoms with Gasteiger partial charge in [-0.05, 0) is 51.2 Å². The van der Waals surface area contributed by atoms with Gasteiger partial charge in [0.2, 0.25) is 10.0 Å². The van der Waals surface area contributed by atoms with Crippen molar-refractivity contribution in [1.29, 1.82) is 0 Å². The fourth-order valence-electron chi connectivity index (χ4n) is 2.95. The molecule has 1 unspecified atom stereocenters. The Morgan fingerprint density at radius 2 is 1.94 bits per heavy atom. The van der Waals surface area contributed by atoms with E-state index in [1.807, 2.05) is 0 Å². The lowest BCUT2D eigenvalue weighted by Crippen LogP contribution is -2.42. The van der Waals surface area contributed by atoms with Gasteiger partial charge >= 0.3 is 0 Å². The number of piperidine rings is 1. The lowest BCUT2D eigenvalue weighted by molar-refractivity contribution is 0.170. The summed E-state index contributed by atoms with van der Waals surface area (Å²) in [5.41, 5.74) is 0. The molecule has 2 heterocycles. The molecule has 0 aromatic carbocycles. The van der Waals surface area contributed by atoms with Gasteiger partial charge in [0.05, 0.1) is 5.75 Å². The van der Waals surface area contributed by atoms with Crippen molar-refractivity contribution >= 4 is 10.0 Å². The first kappa shape index (κ1) is 13.3. The average Bonchev–Trinajstić information content (AvgIpc) is 2.79. The van der Waals surface area contributed by atoms with Crippen LogP contribution in [0.1, 0.15) is 25.7 Å². The zero-order chi connectivity index (χ0) is 12.3. The van der Waals surface area contributed by atoms with E-state index >= 15 is 0 Å². The van der Waals surface area contributed by atoms with Crippen LogP contribution in [0.2, 0.25) is 0 Å². The second kappa shape index (κ2) is 5.65. The third-order valence-electron chi connectivity index (χ3n) is 3.99. The van der Waals surface area contributed by atoms with Gasteiger partial charge in [-0.15, -0.1) is 0 Å². The molecule has 5 nitrogen and oxygen atoms in total. The third kappa shape index (κ3) is 4.21. The van der Waals surface area contributed by atoms with Gasteiger partial charge in [-0.2, -0.15) is 0 Å². The molecule has 2 fully saturated rings. The zero-order valence-corrected chi connectivity index (χ0v) is 11.1. The minimum absolute atomic E-state index is 0.0827. The zero-order valence-electron chi connectivity index (χ0n) is 10.3. The van der Waals surface area contributed by atoms with Crippen molar-refractivity contribution in [3.05, 3.63) is 0 Å². The number of nitrogens with two attached hydrogens (primary N) is 1. The van der Waals surface area contributed by atoms with Gasteiger partial charge in [-0.1, -0.05) is 0 Å². The highest BCUT2D eigenvalue weighted by Crippen LogP contribution is 2.25. The van der Waals surface area contributed by atoms with Crippen molar-refractivity contribution in [3.8, 4) is 0 Å².